The SMILES string of the molecule is CS(=O)(=O)Nc1ccsc1C(=O)OCc1ccccc1Oc1cccnc1. The van der Waals surface area contributed by atoms with E-state index in [2.05, 4.69) is 9.71 Å². The average Bonchev–Trinajstić information content (AvgIpc) is 3.08. The number of ether oxygens (including phenoxy) is 2. The van der Waals surface area contributed by atoms with E-state index in [1.54, 1.807) is 48.1 Å². The Kier molecular flexibility index (Phi) is 5.72. The molecule has 0 aliphatic carbocycles. The summed E-state index contributed by atoms with van der Waals surface area (Å²) >= 11 is 1.10. The number of hydrogen-bond donors (Lipinski definition) is 1. The molecule has 0 bridgehead atoms. The highest BCUT2D eigenvalue weighted by Crippen LogP contribution is 2.27. The summed E-state index contributed by atoms with van der Waals surface area (Å²) in [5.41, 5.74) is 0.872. The molecular formula is C18H16N2O5S2. The van der Waals surface area contributed by atoms with Crippen molar-refractivity contribution in [2.24, 2.45) is 0 Å². The van der Waals surface area contributed by atoms with Gasteiger partial charge in [0.2, 0.25) is 10.0 Å². The van der Waals surface area contributed by atoms with Crippen molar-refractivity contribution in [2.45, 2.75) is 6.61 Å². The van der Waals surface area contributed by atoms with Gasteiger partial charge in [0.1, 0.15) is 23.0 Å². The fraction of sp³-hybridized carbons (Fsp3) is 0.111. The molecule has 0 saturated carbocycles. The highest BCUT2D eigenvalue weighted by molar-refractivity contribution is 7.92. The van der Waals surface area contributed by atoms with Crippen LogP contribution in [-0.2, 0) is 21.4 Å². The second-order valence-corrected chi connectivity index (χ2v) is 8.18. The summed E-state index contributed by atoms with van der Waals surface area (Å²) in [4.78, 5) is 16.5. The molecule has 3 rings (SSSR count). The first-order valence-electron chi connectivity index (χ1n) is 7.80. The zero-order valence-electron chi connectivity index (χ0n) is 14.3. The molecule has 9 heteroatoms. The summed E-state index contributed by atoms with van der Waals surface area (Å²) in [7, 11) is -3.49. The second kappa shape index (κ2) is 8.19. The molecule has 27 heavy (non-hydrogen) atoms. The maximum absolute atomic E-state index is 12.4. The molecule has 0 amide bonds. The molecule has 140 valence electrons. The van der Waals surface area contributed by atoms with E-state index in [1.165, 1.54) is 6.07 Å². The lowest BCUT2D eigenvalue weighted by Crippen LogP contribution is -2.12. The maximum Gasteiger partial charge on any atom is 0.350 e. The van der Waals surface area contributed by atoms with Gasteiger partial charge in [-0.25, -0.2) is 13.2 Å². The summed E-state index contributed by atoms with van der Waals surface area (Å²) in [5, 5.41) is 1.61. The van der Waals surface area contributed by atoms with Crippen molar-refractivity contribution in [2.75, 3.05) is 11.0 Å². The van der Waals surface area contributed by atoms with Crippen LogP contribution in [0.5, 0.6) is 11.5 Å². The monoisotopic (exact) mass is 404 g/mol. The summed E-state index contributed by atoms with van der Waals surface area (Å²) in [5.74, 6) is 0.487. The van der Waals surface area contributed by atoms with Crippen molar-refractivity contribution >= 4 is 33.0 Å². The van der Waals surface area contributed by atoms with E-state index in [0.717, 1.165) is 17.6 Å². The molecule has 0 atom stereocenters. The molecule has 7 nitrogen and oxygen atoms in total. The van der Waals surface area contributed by atoms with E-state index in [-0.39, 0.29) is 17.2 Å². The van der Waals surface area contributed by atoms with Gasteiger partial charge >= 0.3 is 5.97 Å². The Morgan fingerprint density at radius 3 is 2.74 bits per heavy atom. The van der Waals surface area contributed by atoms with Gasteiger partial charge < -0.3 is 9.47 Å². The van der Waals surface area contributed by atoms with E-state index in [1.807, 2.05) is 6.07 Å². The van der Waals surface area contributed by atoms with Gasteiger partial charge in [0.25, 0.3) is 0 Å². The van der Waals surface area contributed by atoms with Crippen molar-refractivity contribution in [1.29, 1.82) is 0 Å². The number of nitrogens with zero attached hydrogens (tertiary/aromatic N) is 1. The number of nitrogens with one attached hydrogen (secondary N) is 1. The van der Waals surface area contributed by atoms with E-state index < -0.39 is 16.0 Å². The van der Waals surface area contributed by atoms with Crippen molar-refractivity contribution in [1.82, 2.24) is 4.98 Å². The molecule has 0 radical (unpaired) electrons. The van der Waals surface area contributed by atoms with Gasteiger partial charge in [0.05, 0.1) is 18.1 Å². The highest BCUT2D eigenvalue weighted by atomic mass is 32.2. The van der Waals surface area contributed by atoms with E-state index in [0.29, 0.717) is 17.1 Å². The van der Waals surface area contributed by atoms with Crippen LogP contribution >= 0.6 is 11.3 Å². The number of thiophene rings is 1. The summed E-state index contributed by atoms with van der Waals surface area (Å²) in [6, 6.07) is 12.2. The Bertz CT molecular complexity index is 1030. The lowest BCUT2D eigenvalue weighted by Gasteiger charge is -2.11. The predicted octanol–water partition coefficient (Wildman–Crippen LogP) is 3.66. The zero-order chi connectivity index (χ0) is 19.3. The second-order valence-electron chi connectivity index (χ2n) is 5.51. The van der Waals surface area contributed by atoms with Crippen molar-refractivity contribution in [3.63, 3.8) is 0 Å². The average molecular weight is 404 g/mol. The van der Waals surface area contributed by atoms with Crippen LogP contribution < -0.4 is 9.46 Å². The molecule has 0 saturated heterocycles. The first-order chi connectivity index (χ1) is 12.9. The molecule has 1 aromatic carbocycles. The molecule has 0 aliphatic rings. The van der Waals surface area contributed by atoms with Crippen LogP contribution in [0.1, 0.15) is 15.2 Å². The minimum Gasteiger partial charge on any atom is -0.456 e. The third kappa shape index (κ3) is 5.28. The zero-order valence-corrected chi connectivity index (χ0v) is 15.9. The van der Waals surface area contributed by atoms with Crippen LogP contribution in [0.2, 0.25) is 0 Å². The van der Waals surface area contributed by atoms with Crippen LogP contribution in [0.25, 0.3) is 0 Å². The van der Waals surface area contributed by atoms with Crippen molar-refractivity contribution in [3.8, 4) is 11.5 Å². The number of esters is 1. The van der Waals surface area contributed by atoms with Crippen LogP contribution in [0.15, 0.2) is 60.2 Å². The minimum atomic E-state index is -3.49. The van der Waals surface area contributed by atoms with Gasteiger partial charge in [0.15, 0.2) is 0 Å². The van der Waals surface area contributed by atoms with E-state index in [9.17, 15) is 13.2 Å². The molecule has 0 unspecified atom stereocenters. The number of hydrogen-bond acceptors (Lipinski definition) is 7. The Morgan fingerprint density at radius 2 is 2.00 bits per heavy atom. The van der Waals surface area contributed by atoms with Gasteiger partial charge in [-0.1, -0.05) is 18.2 Å². The molecule has 0 spiro atoms. The largest absolute Gasteiger partial charge is 0.456 e. The third-order valence-electron chi connectivity index (χ3n) is 3.34. The topological polar surface area (TPSA) is 94.6 Å². The number of anilines is 1. The summed E-state index contributed by atoms with van der Waals surface area (Å²) < 4.78 is 36.2. The van der Waals surface area contributed by atoms with Gasteiger partial charge in [-0.05, 0) is 29.6 Å². The standard InChI is InChI=1S/C18H16N2O5S2/c1-27(22,23)20-15-8-10-26-17(15)18(21)24-12-13-5-2-3-7-16(13)25-14-6-4-9-19-11-14/h2-11,20H,12H2,1H3. The molecular weight excluding hydrogens is 388 g/mol. The maximum atomic E-state index is 12.4. The smallest absolute Gasteiger partial charge is 0.350 e. The van der Waals surface area contributed by atoms with E-state index >= 15 is 0 Å². The number of para-hydroxylation sites is 1. The predicted molar refractivity (Wildman–Crippen MR) is 103 cm³/mol. The lowest BCUT2D eigenvalue weighted by atomic mass is 10.2. The minimum absolute atomic E-state index is 0.0223. The van der Waals surface area contributed by atoms with Crippen molar-refractivity contribution in [3.05, 3.63) is 70.7 Å². The van der Waals surface area contributed by atoms with Crippen LogP contribution in [0.3, 0.4) is 0 Å². The molecule has 0 fully saturated rings. The van der Waals surface area contributed by atoms with Gasteiger partial charge in [-0.3, -0.25) is 9.71 Å². The fourth-order valence-corrected chi connectivity index (χ4v) is 3.59. The fourth-order valence-electron chi connectivity index (χ4n) is 2.21. The van der Waals surface area contributed by atoms with E-state index in [4.69, 9.17) is 9.47 Å². The van der Waals surface area contributed by atoms with Crippen molar-refractivity contribution < 1.29 is 22.7 Å². The Morgan fingerprint density at radius 1 is 1.19 bits per heavy atom. The highest BCUT2D eigenvalue weighted by Gasteiger charge is 2.18. The molecule has 2 heterocycles. The van der Waals surface area contributed by atoms with Crippen LogP contribution in [0, 0.1) is 0 Å². The van der Waals surface area contributed by atoms with Gasteiger partial charge in [-0.15, -0.1) is 11.3 Å². The van der Waals surface area contributed by atoms with Gasteiger partial charge in [-0.2, -0.15) is 0 Å². The quantitative estimate of drug-likeness (QED) is 0.604. The van der Waals surface area contributed by atoms with Crippen LogP contribution in [0.4, 0.5) is 5.69 Å². The third-order valence-corrected chi connectivity index (χ3v) is 4.82. The summed E-state index contributed by atoms with van der Waals surface area (Å²) in [6.07, 6.45) is 4.24. The Hall–Kier alpha value is -2.91. The normalized spacial score (nSPS) is 11.0. The number of aromatic nitrogens is 1. The number of sulfonamides is 1. The molecule has 0 aliphatic heterocycles. The van der Waals surface area contributed by atoms with Gasteiger partial charge in [0, 0.05) is 11.8 Å². The first-order valence-corrected chi connectivity index (χ1v) is 10.6. The molecule has 2 aromatic heterocycles. The number of benzene rings is 1. The molecule has 3 aromatic rings. The Labute approximate surface area is 160 Å². The summed E-state index contributed by atoms with van der Waals surface area (Å²) in [6.45, 7) is -0.0223. The first kappa shape index (κ1) is 18.9. The number of rotatable bonds is 7. The Balaban J connectivity index is 1.71. The number of pyridine rings is 1. The molecule has 1 N–H and O–H groups in total. The lowest BCUT2D eigenvalue weighted by molar-refractivity contribution is 0.0478. The van der Waals surface area contributed by atoms with Crippen LogP contribution in [-0.4, -0.2) is 25.6 Å². The number of carbonyl (C=O) groups excluding carboxylic acids is 1. The number of carbonyl (C=O) groups is 1.